The highest BCUT2D eigenvalue weighted by molar-refractivity contribution is 6.41. The van der Waals surface area contributed by atoms with E-state index in [-0.39, 0.29) is 24.4 Å². The second-order valence-electron chi connectivity index (χ2n) is 15.4. The predicted molar refractivity (Wildman–Crippen MR) is 219 cm³/mol. The molecule has 9 rings (SSSR count). The number of hydrogen-bond donors (Lipinski definition) is 1. The number of hydrogen-bond acceptors (Lipinski definition) is 7. The van der Waals surface area contributed by atoms with Crippen molar-refractivity contribution in [2.45, 2.75) is 90.6 Å². The van der Waals surface area contributed by atoms with Crippen LogP contribution in [0, 0.1) is 0 Å². The van der Waals surface area contributed by atoms with Crippen LogP contribution in [0.5, 0.6) is 0 Å². The Kier molecular flexibility index (Phi) is 8.99. The molecule has 0 atom stereocenters. The van der Waals surface area contributed by atoms with E-state index in [9.17, 15) is 19.2 Å². The quantitative estimate of drug-likeness (QED) is 0.0386. The van der Waals surface area contributed by atoms with Crippen LogP contribution >= 0.6 is 0 Å². The largest absolute Gasteiger partial charge is 0.399 e. The van der Waals surface area contributed by atoms with Crippen LogP contribution in [0.2, 0.25) is 0 Å². The molecule has 0 aliphatic carbocycles. The predicted octanol–water partition coefficient (Wildman–Crippen LogP) is 9.60. The summed E-state index contributed by atoms with van der Waals surface area (Å²) >= 11 is 0. The number of nitrogen functional groups attached to an aromatic ring is 1. The van der Waals surface area contributed by atoms with Gasteiger partial charge in [0.1, 0.15) is 5.69 Å². The Morgan fingerprint density at radius 3 is 1.48 bits per heavy atom. The second-order valence-corrected chi connectivity index (χ2v) is 15.4. The number of carbonyl (C=O) groups is 4. The summed E-state index contributed by atoms with van der Waals surface area (Å²) < 4.78 is 1.58. The summed E-state index contributed by atoms with van der Waals surface area (Å²) in [6.07, 6.45) is 12.0. The minimum Gasteiger partial charge on any atom is -0.399 e. The molecule has 3 heterocycles. The number of anilines is 1. The minimum absolute atomic E-state index is 0.0395. The monoisotopic (exact) mass is 744 g/mol. The molecule has 10 nitrogen and oxygen atoms in total. The highest BCUT2D eigenvalue weighted by Gasteiger charge is 2.39. The van der Waals surface area contributed by atoms with E-state index in [1.165, 1.54) is 4.90 Å². The zero-order valence-corrected chi connectivity index (χ0v) is 31.8. The molecule has 1 aromatic heterocycles. The van der Waals surface area contributed by atoms with Gasteiger partial charge in [0.15, 0.2) is 0 Å². The van der Waals surface area contributed by atoms with Gasteiger partial charge in [0, 0.05) is 44.8 Å². The van der Waals surface area contributed by atoms with E-state index in [0.717, 1.165) is 102 Å². The van der Waals surface area contributed by atoms with Crippen molar-refractivity contribution in [3.8, 4) is 5.69 Å². The Morgan fingerprint density at radius 2 is 1.02 bits per heavy atom. The smallest absolute Gasteiger partial charge is 0.261 e. The van der Waals surface area contributed by atoms with Gasteiger partial charge in [-0.25, -0.2) is 4.68 Å². The minimum atomic E-state index is -0.403. The molecule has 0 unspecified atom stereocenters. The molecule has 7 aromatic rings. The highest BCUT2D eigenvalue weighted by atomic mass is 16.2. The lowest BCUT2D eigenvalue weighted by Crippen LogP contribution is -2.47. The Labute approximate surface area is 324 Å². The highest BCUT2D eigenvalue weighted by Crippen LogP contribution is 2.46. The van der Waals surface area contributed by atoms with Gasteiger partial charge in [-0.3, -0.25) is 29.0 Å². The normalized spacial score (nSPS) is 14.3. The maximum atomic E-state index is 14.5. The van der Waals surface area contributed by atoms with Crippen LogP contribution in [0.25, 0.3) is 48.8 Å². The van der Waals surface area contributed by atoms with E-state index in [2.05, 4.69) is 24.2 Å². The third kappa shape index (κ3) is 5.61. The summed E-state index contributed by atoms with van der Waals surface area (Å²) in [4.78, 5) is 60.0. The van der Waals surface area contributed by atoms with Gasteiger partial charge in [0.05, 0.1) is 18.4 Å². The van der Waals surface area contributed by atoms with Crippen molar-refractivity contribution in [1.82, 2.24) is 24.8 Å². The van der Waals surface area contributed by atoms with E-state index in [0.29, 0.717) is 44.4 Å². The number of unbranched alkanes of at least 4 members (excludes halogenated alkanes) is 6. The third-order valence-electron chi connectivity index (χ3n) is 11.9. The van der Waals surface area contributed by atoms with Crippen molar-refractivity contribution in [1.29, 1.82) is 0 Å². The summed E-state index contributed by atoms with van der Waals surface area (Å²) in [6, 6.07) is 22.2. The molecule has 56 heavy (non-hydrogen) atoms. The number of amides is 4. The zero-order chi connectivity index (χ0) is 38.7. The van der Waals surface area contributed by atoms with Gasteiger partial charge < -0.3 is 5.73 Å². The van der Waals surface area contributed by atoms with Crippen molar-refractivity contribution in [3.63, 3.8) is 0 Å². The van der Waals surface area contributed by atoms with Crippen LogP contribution < -0.4 is 5.73 Å². The molecule has 0 radical (unpaired) electrons. The molecule has 0 saturated heterocycles. The van der Waals surface area contributed by atoms with E-state index in [1.54, 1.807) is 40.0 Å². The molecular weight excluding hydrogens is 701 g/mol. The molecule has 2 aliphatic rings. The van der Waals surface area contributed by atoms with E-state index < -0.39 is 11.8 Å². The number of benzene rings is 6. The van der Waals surface area contributed by atoms with Gasteiger partial charge >= 0.3 is 0 Å². The summed E-state index contributed by atoms with van der Waals surface area (Å²) in [5, 5.41) is 14.9. The number of carbonyl (C=O) groups excluding carboxylic acids is 4. The number of rotatable bonds is 14. The van der Waals surface area contributed by atoms with Crippen LogP contribution in [0.4, 0.5) is 5.69 Å². The fourth-order valence-corrected chi connectivity index (χ4v) is 9.11. The van der Waals surface area contributed by atoms with E-state index in [4.69, 9.17) is 5.73 Å². The Bertz CT molecular complexity index is 2580. The number of imide groups is 2. The second kappa shape index (κ2) is 14.2. The van der Waals surface area contributed by atoms with Crippen LogP contribution in [0.3, 0.4) is 0 Å². The fraction of sp³-hybridized carbons (Fsp3) is 0.304. The van der Waals surface area contributed by atoms with Gasteiger partial charge in [-0.15, -0.1) is 5.10 Å². The van der Waals surface area contributed by atoms with Crippen molar-refractivity contribution < 1.29 is 19.2 Å². The fourth-order valence-electron chi connectivity index (χ4n) is 9.11. The Hall–Kier alpha value is -6.16. The maximum absolute atomic E-state index is 14.5. The average molecular weight is 745 g/mol. The molecule has 0 fully saturated rings. The third-order valence-corrected chi connectivity index (χ3v) is 11.9. The van der Waals surface area contributed by atoms with Gasteiger partial charge in [0.25, 0.3) is 23.6 Å². The first-order valence-electron chi connectivity index (χ1n) is 20.0. The molecule has 6 aromatic carbocycles. The van der Waals surface area contributed by atoms with Gasteiger partial charge in [0.2, 0.25) is 0 Å². The SMILES string of the molecule is CCCCCCC(CCCCCC)N1C(=O)c2ccc3c4ccc5c6c(ccc(c7ccc(c2c37)C1=O)c64)C(=O)N(Cc1cn(-c2ccc(N)cc2)nn1)C5=O. The number of nitrogens with two attached hydrogens (primary N) is 1. The molecule has 0 spiro atoms. The summed E-state index contributed by atoms with van der Waals surface area (Å²) in [5.41, 5.74) is 9.66. The number of nitrogens with zero attached hydrogens (tertiary/aromatic N) is 5. The Balaban J connectivity index is 1.10. The van der Waals surface area contributed by atoms with E-state index in [1.807, 2.05) is 48.5 Å². The average Bonchev–Trinajstić information content (AvgIpc) is 3.69. The van der Waals surface area contributed by atoms with Gasteiger partial charge in [-0.1, -0.05) is 94.7 Å². The van der Waals surface area contributed by atoms with Crippen molar-refractivity contribution in [2.75, 3.05) is 5.73 Å². The van der Waals surface area contributed by atoms with Crippen molar-refractivity contribution >= 4 is 72.4 Å². The lowest BCUT2D eigenvalue weighted by atomic mass is 9.82. The molecule has 0 bridgehead atoms. The molecule has 2 N–H and O–H groups in total. The van der Waals surface area contributed by atoms with Gasteiger partial charge in [-0.2, -0.15) is 0 Å². The summed E-state index contributed by atoms with van der Waals surface area (Å²) in [6.45, 7) is 4.34. The zero-order valence-electron chi connectivity index (χ0n) is 31.8. The lowest BCUT2D eigenvalue weighted by molar-refractivity contribution is 0.0514. The molecule has 4 amide bonds. The van der Waals surface area contributed by atoms with Crippen LogP contribution in [0.1, 0.15) is 125 Å². The maximum Gasteiger partial charge on any atom is 0.261 e. The van der Waals surface area contributed by atoms with Crippen molar-refractivity contribution in [2.24, 2.45) is 0 Å². The first-order chi connectivity index (χ1) is 27.3. The first-order valence-corrected chi connectivity index (χ1v) is 20.0. The summed E-state index contributed by atoms with van der Waals surface area (Å²) in [5.74, 6) is -1.25. The van der Waals surface area contributed by atoms with E-state index >= 15 is 0 Å². The molecular formula is C46H44N6O4. The lowest BCUT2D eigenvalue weighted by Gasteiger charge is -2.35. The molecule has 282 valence electrons. The van der Waals surface area contributed by atoms with Crippen molar-refractivity contribution in [3.05, 3.63) is 107 Å². The standard InChI is InChI=1S/C46H44N6O4/c1-3-5-7-9-11-30(12-10-8-6-4-2)52-45(55)37-23-19-33-31-17-21-35-41-36(22-18-32(39(31)41)34-20-24-38(46(52)56)42(37)40(33)34)44(54)50(43(35)53)25-28-26-51(49-48-28)29-15-13-27(47)14-16-29/h13-24,26,30H,3-12,25,47H2,1-2H3. The number of aromatic nitrogens is 3. The van der Waals surface area contributed by atoms with Gasteiger partial charge in [-0.05, 0) is 93.7 Å². The number of fused-ring (bicyclic) bond motifs is 2. The molecule has 0 saturated carbocycles. The van der Waals surface area contributed by atoms with Crippen LogP contribution in [-0.2, 0) is 6.54 Å². The summed E-state index contributed by atoms with van der Waals surface area (Å²) in [7, 11) is 0. The topological polar surface area (TPSA) is 131 Å². The van der Waals surface area contributed by atoms with Crippen LogP contribution in [0.15, 0.2) is 79.0 Å². The molecule has 10 heteroatoms. The van der Waals surface area contributed by atoms with Crippen LogP contribution in [-0.4, -0.2) is 54.5 Å². The first kappa shape index (κ1) is 35.5. The molecule has 2 aliphatic heterocycles. The Morgan fingerprint density at radius 1 is 0.554 bits per heavy atom.